The molecule has 0 bridgehead atoms. The molecule has 35 heavy (non-hydrogen) atoms. The number of carbonyl (C=O) groups excluding carboxylic acids is 1. The minimum Gasteiger partial charge on any atom is -0.473 e. The Labute approximate surface area is 207 Å². The molecule has 3 heterocycles. The molecule has 2 aromatic heterocycles. The maximum atomic E-state index is 12.7. The number of aromatic nitrogens is 2. The van der Waals surface area contributed by atoms with Gasteiger partial charge in [-0.1, -0.05) is 36.4 Å². The van der Waals surface area contributed by atoms with E-state index >= 15 is 0 Å². The van der Waals surface area contributed by atoms with E-state index in [9.17, 15) is 4.79 Å². The number of benzene rings is 3. The SMILES string of the molecule is O=C(NCCc1[nH]cnc1-c1cccs1)c1ccc(N2COc3ccc4ccccc4c3C2)cc1. The van der Waals surface area contributed by atoms with Gasteiger partial charge in [0.15, 0.2) is 6.73 Å². The fraction of sp³-hybridized carbons (Fsp3) is 0.143. The largest absolute Gasteiger partial charge is 0.473 e. The number of amides is 1. The minimum absolute atomic E-state index is 0.0834. The summed E-state index contributed by atoms with van der Waals surface area (Å²) in [7, 11) is 0. The summed E-state index contributed by atoms with van der Waals surface area (Å²) in [5.74, 6) is 0.857. The molecule has 6 rings (SSSR count). The Morgan fingerprint density at radius 2 is 1.94 bits per heavy atom. The van der Waals surface area contributed by atoms with Crippen molar-refractivity contribution >= 4 is 33.7 Å². The average molecular weight is 481 g/mol. The molecule has 6 nitrogen and oxygen atoms in total. The topological polar surface area (TPSA) is 70.2 Å². The van der Waals surface area contributed by atoms with Crippen molar-refractivity contribution in [3.8, 4) is 16.3 Å². The summed E-state index contributed by atoms with van der Waals surface area (Å²) >= 11 is 1.66. The first-order valence-electron chi connectivity index (χ1n) is 11.6. The van der Waals surface area contributed by atoms with Crippen molar-refractivity contribution in [3.05, 3.63) is 101 Å². The van der Waals surface area contributed by atoms with Crippen LogP contribution >= 0.6 is 11.3 Å². The molecule has 1 aliphatic rings. The number of hydrogen-bond donors (Lipinski definition) is 2. The number of aromatic amines is 1. The fourth-order valence-electron chi connectivity index (χ4n) is 4.53. The number of ether oxygens (including phenoxy) is 1. The molecule has 5 aromatic rings. The van der Waals surface area contributed by atoms with E-state index in [-0.39, 0.29) is 5.91 Å². The van der Waals surface area contributed by atoms with Gasteiger partial charge in [-0.25, -0.2) is 4.98 Å². The number of nitrogens with one attached hydrogen (secondary N) is 2. The van der Waals surface area contributed by atoms with Crippen molar-refractivity contribution in [3.63, 3.8) is 0 Å². The number of thiophene rings is 1. The molecule has 0 unspecified atom stereocenters. The van der Waals surface area contributed by atoms with Crippen LogP contribution in [0, 0.1) is 0 Å². The highest BCUT2D eigenvalue weighted by atomic mass is 32.1. The Balaban J connectivity index is 1.10. The minimum atomic E-state index is -0.0834. The van der Waals surface area contributed by atoms with Crippen molar-refractivity contribution in [2.75, 3.05) is 18.2 Å². The van der Waals surface area contributed by atoms with Gasteiger partial charge >= 0.3 is 0 Å². The van der Waals surface area contributed by atoms with Gasteiger partial charge in [-0.05, 0) is 52.6 Å². The van der Waals surface area contributed by atoms with Crippen molar-refractivity contribution in [1.29, 1.82) is 0 Å². The predicted octanol–water partition coefficient (Wildman–Crippen LogP) is 5.62. The zero-order chi connectivity index (χ0) is 23.6. The van der Waals surface area contributed by atoms with Crippen molar-refractivity contribution in [2.45, 2.75) is 13.0 Å². The maximum Gasteiger partial charge on any atom is 0.251 e. The molecule has 174 valence electrons. The summed E-state index contributed by atoms with van der Waals surface area (Å²) in [6.45, 7) is 1.78. The Kier molecular flexibility index (Phi) is 5.68. The van der Waals surface area contributed by atoms with Gasteiger partial charge in [-0.2, -0.15) is 0 Å². The number of carbonyl (C=O) groups is 1. The van der Waals surface area contributed by atoms with Crippen LogP contribution < -0.4 is 15.0 Å². The Hall–Kier alpha value is -4.10. The number of imidazole rings is 1. The molecule has 2 N–H and O–H groups in total. The van der Waals surface area contributed by atoms with E-state index in [0.29, 0.717) is 25.3 Å². The van der Waals surface area contributed by atoms with Crippen molar-refractivity contribution in [2.24, 2.45) is 0 Å². The zero-order valence-corrected chi connectivity index (χ0v) is 19.8. The Bertz CT molecular complexity index is 1470. The van der Waals surface area contributed by atoms with Crippen LogP contribution in [0.5, 0.6) is 5.75 Å². The molecule has 1 amide bonds. The van der Waals surface area contributed by atoms with Crippen LogP contribution in [0.2, 0.25) is 0 Å². The summed E-state index contributed by atoms with van der Waals surface area (Å²) < 4.78 is 6.04. The lowest BCUT2D eigenvalue weighted by Gasteiger charge is -2.31. The van der Waals surface area contributed by atoms with Gasteiger partial charge in [0.05, 0.1) is 17.7 Å². The smallest absolute Gasteiger partial charge is 0.251 e. The van der Waals surface area contributed by atoms with Crippen LogP contribution in [0.1, 0.15) is 21.6 Å². The van der Waals surface area contributed by atoms with Crippen molar-refractivity contribution < 1.29 is 9.53 Å². The molecule has 0 fully saturated rings. The molecule has 0 spiro atoms. The summed E-state index contributed by atoms with van der Waals surface area (Å²) in [6, 6.07) is 24.3. The highest BCUT2D eigenvalue weighted by Gasteiger charge is 2.20. The molecule has 0 saturated heterocycles. The van der Waals surface area contributed by atoms with Crippen LogP contribution in [0.4, 0.5) is 5.69 Å². The van der Waals surface area contributed by atoms with Crippen LogP contribution in [-0.4, -0.2) is 29.2 Å². The van der Waals surface area contributed by atoms with Crippen LogP contribution in [0.15, 0.2) is 84.5 Å². The van der Waals surface area contributed by atoms with E-state index in [2.05, 4.69) is 62.6 Å². The number of anilines is 1. The second-order valence-corrected chi connectivity index (χ2v) is 9.44. The lowest BCUT2D eigenvalue weighted by molar-refractivity contribution is 0.0954. The van der Waals surface area contributed by atoms with E-state index in [4.69, 9.17) is 4.74 Å². The van der Waals surface area contributed by atoms with Crippen LogP contribution in [0.3, 0.4) is 0 Å². The van der Waals surface area contributed by atoms with E-state index in [0.717, 1.165) is 34.2 Å². The van der Waals surface area contributed by atoms with Crippen LogP contribution in [-0.2, 0) is 13.0 Å². The summed E-state index contributed by atoms with van der Waals surface area (Å²) in [5, 5.41) is 7.48. The first-order chi connectivity index (χ1) is 17.3. The normalized spacial score (nSPS) is 12.9. The second kappa shape index (κ2) is 9.27. The predicted molar refractivity (Wildman–Crippen MR) is 140 cm³/mol. The molecule has 7 heteroatoms. The monoisotopic (exact) mass is 480 g/mol. The molecular formula is C28H24N4O2S. The second-order valence-electron chi connectivity index (χ2n) is 8.49. The Morgan fingerprint density at radius 1 is 1.06 bits per heavy atom. The third-order valence-corrected chi connectivity index (χ3v) is 7.23. The zero-order valence-electron chi connectivity index (χ0n) is 19.0. The Morgan fingerprint density at radius 3 is 2.80 bits per heavy atom. The molecule has 0 aliphatic carbocycles. The van der Waals surface area contributed by atoms with E-state index < -0.39 is 0 Å². The molecule has 3 aromatic carbocycles. The van der Waals surface area contributed by atoms with Gasteiger partial charge < -0.3 is 19.9 Å². The number of nitrogens with zero attached hydrogens (tertiary/aromatic N) is 2. The average Bonchev–Trinajstić information content (AvgIpc) is 3.60. The molecule has 1 aliphatic heterocycles. The van der Waals surface area contributed by atoms with E-state index in [1.165, 1.54) is 16.3 Å². The van der Waals surface area contributed by atoms with E-state index in [1.807, 2.05) is 35.7 Å². The van der Waals surface area contributed by atoms with Gasteiger partial charge in [0.25, 0.3) is 5.91 Å². The standard InChI is InChI=1S/C28H24N4O2S/c33-28(29-14-13-24-27(31-17-30-24)26-6-3-15-35-26)20-7-10-21(11-8-20)32-16-23-22-5-2-1-4-19(22)9-12-25(23)34-18-32/h1-12,15,17H,13-14,16,18H2,(H,29,33)(H,30,31). The van der Waals surface area contributed by atoms with E-state index in [1.54, 1.807) is 17.7 Å². The fourth-order valence-corrected chi connectivity index (χ4v) is 5.28. The maximum absolute atomic E-state index is 12.7. The van der Waals surface area contributed by atoms with Crippen molar-refractivity contribution in [1.82, 2.24) is 15.3 Å². The van der Waals surface area contributed by atoms with Gasteiger partial charge in [0.1, 0.15) is 11.4 Å². The first kappa shape index (κ1) is 21.4. The number of hydrogen-bond acceptors (Lipinski definition) is 5. The number of H-pyrrole nitrogens is 1. The lowest BCUT2D eigenvalue weighted by atomic mass is 10.0. The highest BCUT2D eigenvalue weighted by Crippen LogP contribution is 2.34. The summed E-state index contributed by atoms with van der Waals surface area (Å²) in [5.41, 5.74) is 4.84. The van der Waals surface area contributed by atoms with Gasteiger partial charge in [0.2, 0.25) is 0 Å². The van der Waals surface area contributed by atoms with Gasteiger partial charge in [-0.3, -0.25) is 4.79 Å². The molecular weight excluding hydrogens is 456 g/mol. The quantitative estimate of drug-likeness (QED) is 0.331. The highest BCUT2D eigenvalue weighted by molar-refractivity contribution is 7.13. The third kappa shape index (κ3) is 4.26. The van der Waals surface area contributed by atoms with Gasteiger partial charge in [-0.15, -0.1) is 11.3 Å². The summed E-state index contributed by atoms with van der Waals surface area (Å²) in [6.07, 6.45) is 2.39. The number of rotatable bonds is 6. The lowest BCUT2D eigenvalue weighted by Crippen LogP contribution is -2.32. The number of fused-ring (bicyclic) bond motifs is 3. The first-order valence-corrected chi connectivity index (χ1v) is 12.5. The third-order valence-electron chi connectivity index (χ3n) is 6.35. The van der Waals surface area contributed by atoms with Gasteiger partial charge in [0, 0.05) is 35.5 Å². The molecule has 0 saturated carbocycles. The molecule has 0 atom stereocenters. The van der Waals surface area contributed by atoms with Crippen LogP contribution in [0.25, 0.3) is 21.3 Å². The summed E-state index contributed by atoms with van der Waals surface area (Å²) in [4.78, 5) is 23.6. The molecule has 0 radical (unpaired) electrons.